The molecule has 1 aromatic heterocycles. The fraction of sp³-hybridized carbons (Fsp3) is 0.727. The summed E-state index contributed by atoms with van der Waals surface area (Å²) in [5, 5.41) is 13.6. The fourth-order valence-electron chi connectivity index (χ4n) is 2.38. The number of aliphatic hydroxyl groups is 1. The monoisotopic (exact) mass is 273 g/mol. The second kappa shape index (κ2) is 4.99. The largest absolute Gasteiger partial charge is 0.392 e. The van der Waals surface area contributed by atoms with Crippen LogP contribution in [0.4, 0.5) is 0 Å². The molecule has 1 aliphatic heterocycles. The minimum Gasteiger partial charge on any atom is -0.392 e. The Labute approximate surface area is 107 Å². The van der Waals surface area contributed by atoms with Gasteiger partial charge in [0.1, 0.15) is 4.90 Å². The first-order chi connectivity index (χ1) is 8.43. The average Bonchev–Trinajstić information content (AvgIpc) is 2.76. The van der Waals surface area contributed by atoms with Gasteiger partial charge in [0, 0.05) is 19.8 Å². The first-order valence-corrected chi connectivity index (χ1v) is 7.55. The van der Waals surface area contributed by atoms with E-state index in [2.05, 4.69) is 5.10 Å². The van der Waals surface area contributed by atoms with E-state index in [0.717, 1.165) is 12.8 Å². The lowest BCUT2D eigenvalue weighted by molar-refractivity contribution is 0.0831. The van der Waals surface area contributed by atoms with Crippen LogP contribution in [0.25, 0.3) is 0 Å². The first-order valence-electron chi connectivity index (χ1n) is 6.11. The van der Waals surface area contributed by atoms with Gasteiger partial charge in [-0.3, -0.25) is 4.68 Å². The van der Waals surface area contributed by atoms with Crippen molar-refractivity contribution in [3.05, 3.63) is 12.4 Å². The molecule has 1 fully saturated rings. The van der Waals surface area contributed by atoms with Crippen LogP contribution in [0.5, 0.6) is 0 Å². The van der Waals surface area contributed by atoms with Gasteiger partial charge >= 0.3 is 0 Å². The van der Waals surface area contributed by atoms with Crippen molar-refractivity contribution >= 4 is 10.0 Å². The number of rotatable bonds is 3. The molecule has 6 nitrogen and oxygen atoms in total. The van der Waals surface area contributed by atoms with Crippen LogP contribution in [0.15, 0.2) is 17.3 Å². The maximum absolute atomic E-state index is 12.5. The van der Waals surface area contributed by atoms with Gasteiger partial charge < -0.3 is 5.11 Å². The van der Waals surface area contributed by atoms with Crippen LogP contribution in [0, 0.1) is 0 Å². The minimum atomic E-state index is -3.55. The Kier molecular flexibility index (Phi) is 3.74. The summed E-state index contributed by atoms with van der Waals surface area (Å²) in [6.07, 6.45) is 4.68. The third kappa shape index (κ3) is 2.43. The molecule has 0 aliphatic carbocycles. The van der Waals surface area contributed by atoms with Gasteiger partial charge in [0.2, 0.25) is 10.0 Å². The van der Waals surface area contributed by atoms with Crippen molar-refractivity contribution in [1.29, 1.82) is 0 Å². The molecule has 102 valence electrons. The third-order valence-corrected chi connectivity index (χ3v) is 5.22. The van der Waals surface area contributed by atoms with E-state index in [0.29, 0.717) is 13.0 Å². The molecule has 2 unspecified atom stereocenters. The van der Waals surface area contributed by atoms with Crippen molar-refractivity contribution in [3.8, 4) is 0 Å². The van der Waals surface area contributed by atoms with Gasteiger partial charge in [-0.25, -0.2) is 8.42 Å². The first kappa shape index (κ1) is 13.5. The predicted molar refractivity (Wildman–Crippen MR) is 66.4 cm³/mol. The molecular formula is C11H19N3O3S. The van der Waals surface area contributed by atoms with E-state index in [1.165, 1.54) is 21.4 Å². The molecule has 2 heterocycles. The molecule has 1 aromatic rings. The van der Waals surface area contributed by atoms with Crippen molar-refractivity contribution in [1.82, 2.24) is 14.1 Å². The molecule has 7 heteroatoms. The molecule has 2 rings (SSSR count). The number of aromatic nitrogens is 2. The highest BCUT2D eigenvalue weighted by Crippen LogP contribution is 2.26. The molecule has 0 saturated carbocycles. The topological polar surface area (TPSA) is 75.4 Å². The molecule has 0 aromatic carbocycles. The average molecular weight is 273 g/mol. The van der Waals surface area contributed by atoms with E-state index < -0.39 is 16.1 Å². The van der Waals surface area contributed by atoms with E-state index in [1.807, 2.05) is 0 Å². The van der Waals surface area contributed by atoms with Gasteiger partial charge in [-0.15, -0.1) is 0 Å². The van der Waals surface area contributed by atoms with E-state index in [-0.39, 0.29) is 10.9 Å². The molecule has 0 radical (unpaired) electrons. The standard InChI is InChI=1S/C11H19N3O3S/c1-9(15)11-5-3-4-6-14(11)18(16,17)10-7-12-13(2)8-10/h7-9,11,15H,3-6H2,1-2H3. The van der Waals surface area contributed by atoms with Crippen LogP contribution in [0.1, 0.15) is 26.2 Å². The number of piperidine rings is 1. The maximum atomic E-state index is 12.5. The van der Waals surface area contributed by atoms with Gasteiger partial charge in [-0.05, 0) is 19.8 Å². The summed E-state index contributed by atoms with van der Waals surface area (Å²) in [5.74, 6) is 0. The summed E-state index contributed by atoms with van der Waals surface area (Å²) >= 11 is 0. The zero-order valence-corrected chi connectivity index (χ0v) is 11.5. The van der Waals surface area contributed by atoms with E-state index in [4.69, 9.17) is 0 Å². The van der Waals surface area contributed by atoms with Crippen LogP contribution in [-0.4, -0.2) is 46.3 Å². The Morgan fingerprint density at radius 3 is 2.78 bits per heavy atom. The number of hydrogen-bond acceptors (Lipinski definition) is 4. The highest BCUT2D eigenvalue weighted by Gasteiger charge is 2.36. The summed E-state index contributed by atoms with van der Waals surface area (Å²) in [6, 6.07) is -0.330. The molecule has 0 amide bonds. The lowest BCUT2D eigenvalue weighted by Gasteiger charge is -2.35. The SMILES string of the molecule is CC(O)C1CCCCN1S(=O)(=O)c1cnn(C)c1. The Morgan fingerprint density at radius 1 is 1.50 bits per heavy atom. The van der Waals surface area contributed by atoms with Gasteiger partial charge in [0.25, 0.3) is 0 Å². The summed E-state index contributed by atoms with van der Waals surface area (Å²) in [5.41, 5.74) is 0. The molecule has 0 spiro atoms. The minimum absolute atomic E-state index is 0.192. The lowest BCUT2D eigenvalue weighted by Crippen LogP contribution is -2.48. The number of hydrogen-bond donors (Lipinski definition) is 1. The van der Waals surface area contributed by atoms with Crippen LogP contribution < -0.4 is 0 Å². The maximum Gasteiger partial charge on any atom is 0.246 e. The number of nitrogens with zero attached hydrogens (tertiary/aromatic N) is 3. The van der Waals surface area contributed by atoms with Crippen molar-refractivity contribution in [2.24, 2.45) is 7.05 Å². The number of sulfonamides is 1. The zero-order valence-electron chi connectivity index (χ0n) is 10.7. The molecule has 1 N–H and O–H groups in total. The Morgan fingerprint density at radius 2 is 2.22 bits per heavy atom. The second-order valence-corrected chi connectivity index (χ2v) is 6.66. The Balaban J connectivity index is 2.33. The third-order valence-electron chi connectivity index (χ3n) is 3.34. The number of aryl methyl sites for hydroxylation is 1. The molecule has 1 saturated heterocycles. The van der Waals surface area contributed by atoms with Gasteiger partial charge in [-0.2, -0.15) is 9.40 Å². The quantitative estimate of drug-likeness (QED) is 0.862. The van der Waals surface area contributed by atoms with Gasteiger partial charge in [0.05, 0.1) is 18.3 Å². The second-order valence-electron chi connectivity index (χ2n) is 4.77. The van der Waals surface area contributed by atoms with Crippen LogP contribution in [0.2, 0.25) is 0 Å². The van der Waals surface area contributed by atoms with Crippen LogP contribution in [0.3, 0.4) is 0 Å². The van der Waals surface area contributed by atoms with E-state index >= 15 is 0 Å². The smallest absolute Gasteiger partial charge is 0.246 e. The summed E-state index contributed by atoms with van der Waals surface area (Å²) in [4.78, 5) is 0.192. The number of aliphatic hydroxyl groups excluding tert-OH is 1. The fourth-order valence-corrected chi connectivity index (χ4v) is 4.12. The highest BCUT2D eigenvalue weighted by atomic mass is 32.2. The van der Waals surface area contributed by atoms with Gasteiger partial charge in [-0.1, -0.05) is 6.42 Å². The zero-order chi connectivity index (χ0) is 13.3. The van der Waals surface area contributed by atoms with Crippen molar-refractivity contribution < 1.29 is 13.5 Å². The normalized spacial score (nSPS) is 24.1. The van der Waals surface area contributed by atoms with Crippen molar-refractivity contribution in [3.63, 3.8) is 0 Å². The Hall–Kier alpha value is -0.920. The van der Waals surface area contributed by atoms with E-state index in [1.54, 1.807) is 14.0 Å². The Bertz CT molecular complexity index is 509. The summed E-state index contributed by atoms with van der Waals surface area (Å²) < 4.78 is 27.8. The van der Waals surface area contributed by atoms with Crippen molar-refractivity contribution in [2.45, 2.75) is 43.2 Å². The molecular weight excluding hydrogens is 254 g/mol. The summed E-state index contributed by atoms with van der Waals surface area (Å²) in [6.45, 7) is 2.11. The van der Waals surface area contributed by atoms with E-state index in [9.17, 15) is 13.5 Å². The summed E-state index contributed by atoms with van der Waals surface area (Å²) in [7, 11) is -1.86. The molecule has 18 heavy (non-hydrogen) atoms. The predicted octanol–water partition coefficient (Wildman–Crippen LogP) is 0.344. The van der Waals surface area contributed by atoms with Crippen molar-refractivity contribution in [2.75, 3.05) is 6.54 Å². The molecule has 0 bridgehead atoms. The molecule has 2 atom stereocenters. The van der Waals surface area contributed by atoms with Crippen LogP contribution in [-0.2, 0) is 17.1 Å². The molecule has 1 aliphatic rings. The van der Waals surface area contributed by atoms with Crippen LogP contribution >= 0.6 is 0 Å². The van der Waals surface area contributed by atoms with Gasteiger partial charge in [0.15, 0.2) is 0 Å². The highest BCUT2D eigenvalue weighted by molar-refractivity contribution is 7.89. The lowest BCUT2D eigenvalue weighted by atomic mass is 10.0.